The summed E-state index contributed by atoms with van der Waals surface area (Å²) in [6, 6.07) is 10.6. The molecule has 0 spiro atoms. The maximum atomic E-state index is 5.63. The molecule has 0 heterocycles. The standard InChI is InChI=1S/C14H20O2Si/c1-15-17(3,16-2)14-10-9-13(14)11-12-7-5-4-6-8-12/h4-9,14H,10-11H2,1-3H3. The van der Waals surface area contributed by atoms with E-state index >= 15 is 0 Å². The summed E-state index contributed by atoms with van der Waals surface area (Å²) in [5, 5.41) is 0. The van der Waals surface area contributed by atoms with Crippen LogP contribution in [-0.2, 0) is 15.3 Å². The summed E-state index contributed by atoms with van der Waals surface area (Å²) in [5.74, 6) is 0. The van der Waals surface area contributed by atoms with E-state index in [1.807, 2.05) is 0 Å². The Kier molecular flexibility index (Phi) is 3.81. The van der Waals surface area contributed by atoms with Crippen LogP contribution >= 0.6 is 0 Å². The Morgan fingerprint density at radius 2 is 1.82 bits per heavy atom. The lowest BCUT2D eigenvalue weighted by Crippen LogP contribution is -2.45. The van der Waals surface area contributed by atoms with Gasteiger partial charge in [0, 0.05) is 19.8 Å². The van der Waals surface area contributed by atoms with Crippen molar-refractivity contribution in [2.75, 3.05) is 14.2 Å². The van der Waals surface area contributed by atoms with Crippen molar-refractivity contribution in [2.24, 2.45) is 0 Å². The van der Waals surface area contributed by atoms with Crippen LogP contribution in [0.5, 0.6) is 0 Å². The molecule has 0 aliphatic heterocycles. The maximum absolute atomic E-state index is 5.63. The molecule has 0 bridgehead atoms. The molecule has 1 atom stereocenters. The van der Waals surface area contributed by atoms with E-state index in [0.717, 1.165) is 12.8 Å². The van der Waals surface area contributed by atoms with E-state index in [1.165, 1.54) is 11.1 Å². The van der Waals surface area contributed by atoms with Crippen LogP contribution in [0.2, 0.25) is 12.1 Å². The number of rotatable bonds is 5. The number of hydrogen-bond donors (Lipinski definition) is 0. The lowest BCUT2D eigenvalue weighted by Gasteiger charge is -2.38. The van der Waals surface area contributed by atoms with Crippen molar-refractivity contribution < 1.29 is 8.85 Å². The molecule has 2 rings (SSSR count). The highest BCUT2D eigenvalue weighted by Gasteiger charge is 2.44. The van der Waals surface area contributed by atoms with Gasteiger partial charge in [-0.2, -0.15) is 0 Å². The van der Waals surface area contributed by atoms with Crippen LogP contribution in [0.4, 0.5) is 0 Å². The van der Waals surface area contributed by atoms with E-state index in [2.05, 4.69) is 43.0 Å². The van der Waals surface area contributed by atoms with Gasteiger partial charge in [-0.15, -0.1) is 0 Å². The topological polar surface area (TPSA) is 18.5 Å². The molecule has 0 radical (unpaired) electrons. The second kappa shape index (κ2) is 5.17. The predicted molar refractivity (Wildman–Crippen MR) is 72.2 cm³/mol. The summed E-state index contributed by atoms with van der Waals surface area (Å²) in [6.45, 7) is 2.15. The molecule has 3 heteroatoms. The molecular formula is C14H20O2Si. The molecule has 1 aliphatic rings. The first-order valence-electron chi connectivity index (χ1n) is 6.03. The zero-order valence-corrected chi connectivity index (χ0v) is 11.8. The van der Waals surface area contributed by atoms with Crippen LogP contribution in [-0.4, -0.2) is 22.8 Å². The number of allylic oxidation sites excluding steroid dienone is 2. The fourth-order valence-electron chi connectivity index (χ4n) is 2.35. The van der Waals surface area contributed by atoms with E-state index in [1.54, 1.807) is 14.2 Å². The molecule has 0 aromatic heterocycles. The fraction of sp³-hybridized carbons (Fsp3) is 0.429. The van der Waals surface area contributed by atoms with Crippen LogP contribution in [0.15, 0.2) is 42.0 Å². The molecule has 0 amide bonds. The van der Waals surface area contributed by atoms with Crippen molar-refractivity contribution in [3.05, 3.63) is 47.5 Å². The van der Waals surface area contributed by atoms with Gasteiger partial charge in [-0.25, -0.2) is 0 Å². The van der Waals surface area contributed by atoms with Crippen molar-refractivity contribution in [1.82, 2.24) is 0 Å². The fourth-order valence-corrected chi connectivity index (χ4v) is 4.52. The number of hydrogen-bond acceptors (Lipinski definition) is 2. The van der Waals surface area contributed by atoms with Crippen molar-refractivity contribution in [1.29, 1.82) is 0 Å². The van der Waals surface area contributed by atoms with Gasteiger partial charge in [0.25, 0.3) is 0 Å². The molecule has 1 aliphatic carbocycles. The summed E-state index contributed by atoms with van der Waals surface area (Å²) >= 11 is 0. The van der Waals surface area contributed by atoms with Gasteiger partial charge in [-0.1, -0.05) is 42.0 Å². The summed E-state index contributed by atoms with van der Waals surface area (Å²) in [5.41, 5.74) is 3.36. The second-order valence-corrected chi connectivity index (χ2v) is 8.20. The van der Waals surface area contributed by atoms with E-state index < -0.39 is 8.56 Å². The van der Waals surface area contributed by atoms with Crippen LogP contribution in [0.25, 0.3) is 0 Å². The zero-order valence-electron chi connectivity index (χ0n) is 10.8. The van der Waals surface area contributed by atoms with Gasteiger partial charge >= 0.3 is 8.56 Å². The molecular weight excluding hydrogens is 228 g/mol. The molecule has 0 fully saturated rings. The van der Waals surface area contributed by atoms with Crippen LogP contribution < -0.4 is 0 Å². The highest BCUT2D eigenvalue weighted by molar-refractivity contribution is 6.68. The highest BCUT2D eigenvalue weighted by atomic mass is 28.4. The average molecular weight is 248 g/mol. The maximum Gasteiger partial charge on any atom is 0.342 e. The van der Waals surface area contributed by atoms with Gasteiger partial charge in [0.05, 0.1) is 0 Å². The minimum atomic E-state index is -2.00. The quantitative estimate of drug-likeness (QED) is 0.588. The molecule has 17 heavy (non-hydrogen) atoms. The molecule has 92 valence electrons. The monoisotopic (exact) mass is 248 g/mol. The Hall–Kier alpha value is -0.903. The number of benzene rings is 1. The van der Waals surface area contributed by atoms with Gasteiger partial charge in [-0.05, 0) is 25.0 Å². The summed E-state index contributed by atoms with van der Waals surface area (Å²) in [4.78, 5) is 0. The molecule has 0 N–H and O–H groups in total. The molecule has 0 saturated carbocycles. The Labute approximate surface area is 105 Å². The normalized spacial score (nSPS) is 19.7. The van der Waals surface area contributed by atoms with Gasteiger partial charge in [0.15, 0.2) is 0 Å². The van der Waals surface area contributed by atoms with Crippen molar-refractivity contribution in [2.45, 2.75) is 24.9 Å². The third-order valence-corrected chi connectivity index (χ3v) is 7.25. The van der Waals surface area contributed by atoms with E-state index in [4.69, 9.17) is 8.85 Å². The summed E-state index contributed by atoms with van der Waals surface area (Å²) in [6.07, 6.45) is 4.45. The first kappa shape index (κ1) is 12.6. The zero-order chi connectivity index (χ0) is 12.3. The summed E-state index contributed by atoms with van der Waals surface area (Å²) in [7, 11) is 1.54. The van der Waals surface area contributed by atoms with Crippen LogP contribution in [0, 0.1) is 0 Å². The van der Waals surface area contributed by atoms with E-state index in [-0.39, 0.29) is 0 Å². The Morgan fingerprint density at radius 1 is 1.18 bits per heavy atom. The van der Waals surface area contributed by atoms with E-state index in [0.29, 0.717) is 5.54 Å². The molecule has 0 saturated heterocycles. The largest absolute Gasteiger partial charge is 0.397 e. The lowest BCUT2D eigenvalue weighted by atomic mass is 9.92. The average Bonchev–Trinajstić information content (AvgIpc) is 2.35. The van der Waals surface area contributed by atoms with Crippen LogP contribution in [0.1, 0.15) is 12.0 Å². The smallest absolute Gasteiger partial charge is 0.342 e. The Balaban J connectivity index is 2.05. The third kappa shape index (κ3) is 2.51. The summed E-state index contributed by atoms with van der Waals surface area (Å²) < 4.78 is 11.3. The van der Waals surface area contributed by atoms with Gasteiger partial charge in [0.1, 0.15) is 0 Å². The first-order chi connectivity index (χ1) is 8.19. The van der Waals surface area contributed by atoms with Gasteiger partial charge < -0.3 is 8.85 Å². The van der Waals surface area contributed by atoms with Crippen molar-refractivity contribution >= 4 is 8.56 Å². The van der Waals surface area contributed by atoms with Crippen LogP contribution in [0.3, 0.4) is 0 Å². The minimum Gasteiger partial charge on any atom is -0.397 e. The second-order valence-electron chi connectivity index (χ2n) is 4.65. The lowest BCUT2D eigenvalue weighted by molar-refractivity contribution is 0.237. The SMILES string of the molecule is CO[Si](C)(OC)C1CC=C1Cc1ccccc1. The molecule has 2 nitrogen and oxygen atoms in total. The minimum absolute atomic E-state index is 0.512. The van der Waals surface area contributed by atoms with Crippen molar-refractivity contribution in [3.63, 3.8) is 0 Å². The van der Waals surface area contributed by atoms with Gasteiger partial charge in [0.2, 0.25) is 0 Å². The Morgan fingerprint density at radius 3 is 2.29 bits per heavy atom. The van der Waals surface area contributed by atoms with E-state index in [9.17, 15) is 0 Å². The molecule has 1 aromatic carbocycles. The first-order valence-corrected chi connectivity index (χ1v) is 8.42. The Bertz CT molecular complexity index is 396. The highest BCUT2D eigenvalue weighted by Crippen LogP contribution is 2.43. The third-order valence-electron chi connectivity index (χ3n) is 3.76. The molecule has 1 unspecified atom stereocenters. The van der Waals surface area contributed by atoms with Gasteiger partial charge in [-0.3, -0.25) is 0 Å². The van der Waals surface area contributed by atoms with Crippen molar-refractivity contribution in [3.8, 4) is 0 Å². The predicted octanol–water partition coefficient (Wildman–Crippen LogP) is 3.29. The molecule has 1 aromatic rings.